The van der Waals surface area contributed by atoms with E-state index in [9.17, 15) is 35.4 Å². The molecule has 3 fully saturated rings. The minimum absolute atomic E-state index is 0.00264. The van der Waals surface area contributed by atoms with Crippen LogP contribution in [0.1, 0.15) is 10.4 Å². The molecule has 1 saturated carbocycles. The first kappa shape index (κ1) is 23.5. The van der Waals surface area contributed by atoms with Gasteiger partial charge in [-0.3, -0.25) is 0 Å². The van der Waals surface area contributed by atoms with E-state index in [1.807, 2.05) is 0 Å². The van der Waals surface area contributed by atoms with Gasteiger partial charge in [0, 0.05) is 5.92 Å². The van der Waals surface area contributed by atoms with E-state index in [4.69, 9.17) is 23.7 Å². The fourth-order valence-corrected chi connectivity index (χ4v) is 5.08. The van der Waals surface area contributed by atoms with Gasteiger partial charge in [0.15, 0.2) is 6.29 Å². The van der Waals surface area contributed by atoms with Crippen molar-refractivity contribution in [2.75, 3.05) is 13.2 Å². The Morgan fingerprint density at radius 1 is 1.03 bits per heavy atom. The van der Waals surface area contributed by atoms with Crippen molar-refractivity contribution in [2.45, 2.75) is 54.8 Å². The van der Waals surface area contributed by atoms with Crippen LogP contribution in [0.2, 0.25) is 0 Å². The zero-order valence-corrected chi connectivity index (χ0v) is 17.8. The number of epoxide rings is 1. The molecule has 0 bridgehead atoms. The Balaban J connectivity index is 1.34. The summed E-state index contributed by atoms with van der Waals surface area (Å²) in [5.41, 5.74) is -0.907. The van der Waals surface area contributed by atoms with Crippen LogP contribution in [0.25, 0.3) is 0 Å². The van der Waals surface area contributed by atoms with Crippen LogP contribution in [0.3, 0.4) is 0 Å². The summed E-state index contributed by atoms with van der Waals surface area (Å²) in [7, 11) is 0. The molecule has 1 aromatic carbocycles. The Kier molecular flexibility index (Phi) is 6.02. The molecule has 0 radical (unpaired) electrons. The lowest BCUT2D eigenvalue weighted by Gasteiger charge is -2.43. The van der Waals surface area contributed by atoms with Crippen molar-refractivity contribution in [1.29, 1.82) is 0 Å². The summed E-state index contributed by atoms with van der Waals surface area (Å²) in [6, 6.07) is 5.56. The maximum atomic E-state index is 12.7. The lowest BCUT2D eigenvalue weighted by molar-refractivity contribution is -0.344. The Hall–Kier alpha value is -2.29. The number of phenolic OH excluding ortho intramolecular Hbond substituents is 1. The summed E-state index contributed by atoms with van der Waals surface area (Å²) in [5, 5.41) is 59.3. The van der Waals surface area contributed by atoms with E-state index in [2.05, 4.69) is 0 Å². The summed E-state index contributed by atoms with van der Waals surface area (Å²) in [6.07, 6.45) is -6.99. The van der Waals surface area contributed by atoms with Crippen LogP contribution in [0.5, 0.6) is 5.75 Å². The molecule has 5 rings (SSSR count). The third-order valence-corrected chi connectivity index (χ3v) is 6.94. The van der Waals surface area contributed by atoms with Gasteiger partial charge in [0.25, 0.3) is 0 Å². The van der Waals surface area contributed by atoms with Gasteiger partial charge >= 0.3 is 5.97 Å². The molecule has 3 heterocycles. The number of fused-ring (bicyclic) bond motifs is 3. The maximum absolute atomic E-state index is 12.7. The molecule has 0 unspecified atom stereocenters. The quantitative estimate of drug-likeness (QED) is 0.193. The second-order valence-corrected chi connectivity index (χ2v) is 8.84. The van der Waals surface area contributed by atoms with E-state index in [-0.39, 0.29) is 11.3 Å². The zero-order chi connectivity index (χ0) is 24.2. The highest BCUT2D eigenvalue weighted by Gasteiger charge is 2.77. The predicted molar refractivity (Wildman–Crippen MR) is 108 cm³/mol. The number of rotatable bonds is 6. The van der Waals surface area contributed by atoms with Gasteiger partial charge in [0.05, 0.1) is 31.0 Å². The van der Waals surface area contributed by atoms with Crippen molar-refractivity contribution < 1.29 is 59.1 Å². The lowest BCUT2D eigenvalue weighted by Crippen LogP contribution is -2.60. The fourth-order valence-electron chi connectivity index (χ4n) is 5.08. The predicted octanol–water partition coefficient (Wildman–Crippen LogP) is -2.02. The molecule has 6 N–H and O–H groups in total. The van der Waals surface area contributed by atoms with E-state index < -0.39 is 85.8 Å². The highest BCUT2D eigenvalue weighted by atomic mass is 16.8. The molecule has 1 aromatic rings. The molecule has 12 heteroatoms. The molecule has 4 aliphatic rings. The molecule has 1 aliphatic carbocycles. The second-order valence-electron chi connectivity index (χ2n) is 8.84. The SMILES string of the molecule is O=C(O[C@@H]1[C@@H]2C=CO[C@H](O[C@@H]3O[C@H](CO)[C@@H](O)[C@H](O)[C@H]3O)[C@@H]2[C@]2(CO)O[C@@H]12)c1ccc(O)cc1. The smallest absolute Gasteiger partial charge is 0.338 e. The van der Waals surface area contributed by atoms with Crippen molar-refractivity contribution in [3.63, 3.8) is 0 Å². The number of carbonyl (C=O) groups excluding carboxylic acids is 1. The second kappa shape index (κ2) is 8.73. The normalized spacial score (nSPS) is 44.6. The number of aromatic hydroxyl groups is 1. The summed E-state index contributed by atoms with van der Waals surface area (Å²) >= 11 is 0. The number of carbonyl (C=O) groups is 1. The van der Waals surface area contributed by atoms with Crippen molar-refractivity contribution >= 4 is 5.97 Å². The first-order valence-corrected chi connectivity index (χ1v) is 10.9. The standard InChI is InChI=1S/C22H26O12/c23-7-12-14(26)15(27)16(28)21(31-12)33-20-13-11(5-6-30-20)17(18-22(13,8-24)34-18)32-19(29)9-1-3-10(25)4-2-9/h1-6,11-18,20-21,23-28H,7-8H2/t11-,12-,13-,14-,15+,16-,17-,18+,20-,21+,22+/m1/s1. The minimum Gasteiger partial charge on any atom is -0.508 e. The molecule has 3 aliphatic heterocycles. The summed E-state index contributed by atoms with van der Waals surface area (Å²) in [6.45, 7) is -1.04. The Bertz CT molecular complexity index is 934. The van der Waals surface area contributed by atoms with Crippen LogP contribution in [-0.4, -0.2) is 105 Å². The van der Waals surface area contributed by atoms with Gasteiger partial charge in [0.2, 0.25) is 6.29 Å². The van der Waals surface area contributed by atoms with Gasteiger partial charge in [-0.2, -0.15) is 0 Å². The molecular weight excluding hydrogens is 456 g/mol. The van der Waals surface area contributed by atoms with Crippen molar-refractivity contribution in [1.82, 2.24) is 0 Å². The average molecular weight is 482 g/mol. The van der Waals surface area contributed by atoms with Crippen LogP contribution in [0.4, 0.5) is 0 Å². The molecule has 11 atom stereocenters. The van der Waals surface area contributed by atoms with Crippen molar-refractivity contribution in [3.8, 4) is 5.75 Å². The molecular formula is C22H26O12. The summed E-state index contributed by atoms with van der Waals surface area (Å²) < 4.78 is 28.3. The number of aliphatic hydroxyl groups excluding tert-OH is 5. The lowest BCUT2D eigenvalue weighted by atomic mass is 9.85. The van der Waals surface area contributed by atoms with Crippen LogP contribution < -0.4 is 0 Å². The fraction of sp³-hybridized carbons (Fsp3) is 0.591. The zero-order valence-electron chi connectivity index (χ0n) is 17.8. The van der Waals surface area contributed by atoms with Gasteiger partial charge in [-0.1, -0.05) is 0 Å². The number of hydrogen-bond donors (Lipinski definition) is 6. The largest absolute Gasteiger partial charge is 0.508 e. The molecule has 0 aromatic heterocycles. The molecule has 2 saturated heterocycles. The third-order valence-electron chi connectivity index (χ3n) is 6.94. The van der Waals surface area contributed by atoms with Gasteiger partial charge in [0.1, 0.15) is 48.0 Å². The van der Waals surface area contributed by atoms with Gasteiger partial charge < -0.3 is 54.3 Å². The number of benzene rings is 1. The third kappa shape index (κ3) is 3.67. The monoisotopic (exact) mass is 482 g/mol. The van der Waals surface area contributed by atoms with Crippen molar-refractivity contribution in [2.24, 2.45) is 11.8 Å². The van der Waals surface area contributed by atoms with Gasteiger partial charge in [-0.25, -0.2) is 4.79 Å². The molecule has 186 valence electrons. The Morgan fingerprint density at radius 3 is 2.44 bits per heavy atom. The first-order valence-electron chi connectivity index (χ1n) is 10.9. The van der Waals surface area contributed by atoms with E-state index >= 15 is 0 Å². The topological polar surface area (TPSA) is 188 Å². The van der Waals surface area contributed by atoms with E-state index in [0.29, 0.717) is 0 Å². The van der Waals surface area contributed by atoms with E-state index in [1.54, 1.807) is 6.08 Å². The summed E-state index contributed by atoms with van der Waals surface area (Å²) in [4.78, 5) is 12.7. The number of hydrogen-bond acceptors (Lipinski definition) is 12. The average Bonchev–Trinajstić information content (AvgIpc) is 3.52. The first-order chi connectivity index (χ1) is 16.3. The van der Waals surface area contributed by atoms with E-state index in [0.717, 1.165) is 0 Å². The maximum Gasteiger partial charge on any atom is 0.338 e. The van der Waals surface area contributed by atoms with Crippen LogP contribution in [-0.2, 0) is 23.7 Å². The summed E-state index contributed by atoms with van der Waals surface area (Å²) in [5.74, 6) is -1.78. The van der Waals surface area contributed by atoms with Gasteiger partial charge in [-0.15, -0.1) is 0 Å². The Morgan fingerprint density at radius 2 is 1.76 bits per heavy atom. The van der Waals surface area contributed by atoms with E-state index in [1.165, 1.54) is 30.5 Å². The van der Waals surface area contributed by atoms with Crippen LogP contribution in [0, 0.1) is 11.8 Å². The number of phenols is 1. The van der Waals surface area contributed by atoms with Crippen LogP contribution in [0.15, 0.2) is 36.6 Å². The van der Waals surface area contributed by atoms with Crippen molar-refractivity contribution in [3.05, 3.63) is 42.2 Å². The molecule has 34 heavy (non-hydrogen) atoms. The molecule has 0 spiro atoms. The molecule has 0 amide bonds. The number of aliphatic hydroxyl groups is 5. The highest BCUT2D eigenvalue weighted by Crippen LogP contribution is 2.60. The highest BCUT2D eigenvalue weighted by molar-refractivity contribution is 5.89. The van der Waals surface area contributed by atoms with Gasteiger partial charge in [-0.05, 0) is 30.3 Å². The number of ether oxygens (including phenoxy) is 5. The molecule has 12 nitrogen and oxygen atoms in total. The van der Waals surface area contributed by atoms with Crippen LogP contribution >= 0.6 is 0 Å². The number of esters is 1. The minimum atomic E-state index is -1.64. The Labute approximate surface area is 193 Å².